The van der Waals surface area contributed by atoms with Crippen molar-refractivity contribution in [2.24, 2.45) is 5.92 Å². The number of fused-ring (bicyclic) bond motifs is 1. The van der Waals surface area contributed by atoms with E-state index in [0.717, 1.165) is 28.7 Å². The van der Waals surface area contributed by atoms with Crippen LogP contribution in [-0.2, 0) is 23.2 Å². The van der Waals surface area contributed by atoms with Gasteiger partial charge in [0.05, 0.1) is 12.1 Å². The molecule has 0 spiro atoms. The SMILES string of the molecule is CC(C)Cn1cc(CC(=O)Nc2nc(C(C)(C)C)cs2)c2cc(Cl)ccc21. The van der Waals surface area contributed by atoms with Crippen LogP contribution in [0.15, 0.2) is 29.8 Å². The molecule has 0 unspecified atom stereocenters. The fourth-order valence-corrected chi connectivity index (χ4v) is 4.17. The van der Waals surface area contributed by atoms with E-state index in [1.54, 1.807) is 0 Å². The molecule has 1 N–H and O–H groups in total. The van der Waals surface area contributed by atoms with Gasteiger partial charge in [-0.25, -0.2) is 4.98 Å². The number of nitrogens with zero attached hydrogens (tertiary/aromatic N) is 2. The van der Waals surface area contributed by atoms with Gasteiger partial charge in [-0.1, -0.05) is 46.2 Å². The summed E-state index contributed by atoms with van der Waals surface area (Å²) in [4.78, 5) is 17.2. The molecule has 0 fully saturated rings. The number of carbonyl (C=O) groups excluding carboxylic acids is 1. The van der Waals surface area contributed by atoms with Crippen molar-refractivity contribution in [3.8, 4) is 0 Å². The standard InChI is InChI=1S/C21H26ClN3OS/c1-13(2)10-25-11-14(16-9-15(22)6-7-17(16)25)8-19(26)24-20-23-18(12-27-20)21(3,4)5/h6-7,9,11-13H,8,10H2,1-5H3,(H,23,24,26). The highest BCUT2D eigenvalue weighted by molar-refractivity contribution is 7.13. The predicted octanol–water partition coefficient (Wildman–Crippen LogP) is 5.89. The van der Waals surface area contributed by atoms with E-state index in [0.29, 0.717) is 22.5 Å². The molecule has 1 amide bonds. The van der Waals surface area contributed by atoms with Crippen LogP contribution in [0.1, 0.15) is 45.9 Å². The molecule has 4 nitrogen and oxygen atoms in total. The summed E-state index contributed by atoms with van der Waals surface area (Å²) in [5.74, 6) is 0.456. The zero-order chi connectivity index (χ0) is 19.8. The first-order valence-corrected chi connectivity index (χ1v) is 10.4. The Balaban J connectivity index is 1.82. The molecule has 0 radical (unpaired) electrons. The second kappa shape index (κ2) is 7.64. The Labute approximate surface area is 169 Å². The number of nitrogens with one attached hydrogen (secondary N) is 1. The Hall–Kier alpha value is -1.85. The lowest BCUT2D eigenvalue weighted by molar-refractivity contribution is -0.115. The Morgan fingerprint density at radius 2 is 2.07 bits per heavy atom. The minimum atomic E-state index is -0.0617. The van der Waals surface area contributed by atoms with Gasteiger partial charge in [0.25, 0.3) is 0 Å². The number of benzene rings is 1. The average molecular weight is 404 g/mol. The molecule has 0 saturated heterocycles. The Morgan fingerprint density at radius 3 is 2.70 bits per heavy atom. The molecule has 2 aromatic heterocycles. The topological polar surface area (TPSA) is 46.9 Å². The number of amides is 1. The van der Waals surface area contributed by atoms with Crippen molar-refractivity contribution >= 4 is 44.9 Å². The van der Waals surface area contributed by atoms with Gasteiger partial charge < -0.3 is 9.88 Å². The Bertz CT molecular complexity index is 966. The van der Waals surface area contributed by atoms with Crippen LogP contribution in [0.25, 0.3) is 10.9 Å². The van der Waals surface area contributed by atoms with E-state index >= 15 is 0 Å². The molecule has 0 aliphatic carbocycles. The summed E-state index contributed by atoms with van der Waals surface area (Å²) < 4.78 is 2.21. The van der Waals surface area contributed by atoms with Gasteiger partial charge in [0.2, 0.25) is 5.91 Å². The van der Waals surface area contributed by atoms with Gasteiger partial charge in [-0.15, -0.1) is 11.3 Å². The van der Waals surface area contributed by atoms with Crippen molar-refractivity contribution < 1.29 is 4.79 Å². The van der Waals surface area contributed by atoms with Gasteiger partial charge in [0, 0.05) is 39.5 Å². The highest BCUT2D eigenvalue weighted by Gasteiger charge is 2.19. The minimum absolute atomic E-state index is 0.0273. The maximum Gasteiger partial charge on any atom is 0.230 e. The van der Waals surface area contributed by atoms with Crippen molar-refractivity contribution in [2.45, 2.75) is 53.0 Å². The molecule has 0 aliphatic rings. The highest BCUT2D eigenvalue weighted by Crippen LogP contribution is 2.28. The van der Waals surface area contributed by atoms with E-state index in [-0.39, 0.29) is 11.3 Å². The summed E-state index contributed by atoms with van der Waals surface area (Å²) in [6.07, 6.45) is 2.37. The molecule has 3 rings (SSSR count). The zero-order valence-electron chi connectivity index (χ0n) is 16.5. The number of hydrogen-bond acceptors (Lipinski definition) is 3. The summed E-state index contributed by atoms with van der Waals surface area (Å²) in [6.45, 7) is 11.6. The van der Waals surface area contributed by atoms with Crippen molar-refractivity contribution in [3.05, 3.63) is 46.1 Å². The number of rotatable bonds is 5. The predicted molar refractivity (Wildman–Crippen MR) is 115 cm³/mol. The average Bonchev–Trinajstić information content (AvgIpc) is 3.12. The first-order valence-electron chi connectivity index (χ1n) is 9.16. The third-order valence-corrected chi connectivity index (χ3v) is 5.35. The molecule has 6 heteroatoms. The molecule has 1 aromatic carbocycles. The van der Waals surface area contributed by atoms with E-state index < -0.39 is 0 Å². The van der Waals surface area contributed by atoms with E-state index in [2.05, 4.69) is 55.7 Å². The van der Waals surface area contributed by atoms with Crippen LogP contribution < -0.4 is 5.32 Å². The zero-order valence-corrected chi connectivity index (χ0v) is 18.0. The molecular formula is C21H26ClN3OS. The maximum absolute atomic E-state index is 12.6. The van der Waals surface area contributed by atoms with Gasteiger partial charge in [-0.2, -0.15) is 0 Å². The third kappa shape index (κ3) is 4.71. The van der Waals surface area contributed by atoms with Crippen LogP contribution in [0.3, 0.4) is 0 Å². The first-order chi connectivity index (χ1) is 12.6. The van der Waals surface area contributed by atoms with Crippen molar-refractivity contribution in [1.29, 1.82) is 0 Å². The molecule has 0 saturated carbocycles. The van der Waals surface area contributed by atoms with Gasteiger partial charge in [-0.3, -0.25) is 4.79 Å². The highest BCUT2D eigenvalue weighted by atomic mass is 35.5. The number of halogens is 1. The van der Waals surface area contributed by atoms with Crippen LogP contribution in [0.4, 0.5) is 5.13 Å². The third-order valence-electron chi connectivity index (χ3n) is 4.36. The number of carbonyl (C=O) groups is 1. The van der Waals surface area contributed by atoms with E-state index in [9.17, 15) is 4.79 Å². The normalized spacial score (nSPS) is 12.1. The van der Waals surface area contributed by atoms with Crippen LogP contribution in [-0.4, -0.2) is 15.5 Å². The van der Waals surface area contributed by atoms with Crippen molar-refractivity contribution in [3.63, 3.8) is 0 Å². The number of anilines is 1. The molecule has 0 bridgehead atoms. The Kier molecular flexibility index (Phi) is 5.63. The Morgan fingerprint density at radius 1 is 1.33 bits per heavy atom. The first kappa shape index (κ1) is 19.9. The summed E-state index contributed by atoms with van der Waals surface area (Å²) in [5, 5.41) is 7.31. The van der Waals surface area contributed by atoms with E-state index in [4.69, 9.17) is 11.6 Å². The second-order valence-electron chi connectivity index (χ2n) is 8.37. The number of thiazole rings is 1. The lowest BCUT2D eigenvalue weighted by Gasteiger charge is -2.14. The quantitative estimate of drug-likeness (QED) is 0.577. The van der Waals surface area contributed by atoms with Crippen LogP contribution in [0, 0.1) is 5.92 Å². The molecule has 0 atom stereocenters. The second-order valence-corrected chi connectivity index (χ2v) is 9.67. The van der Waals surface area contributed by atoms with Crippen LogP contribution in [0.2, 0.25) is 5.02 Å². The number of hydrogen-bond donors (Lipinski definition) is 1. The molecule has 0 aliphatic heterocycles. The minimum Gasteiger partial charge on any atom is -0.347 e. The smallest absolute Gasteiger partial charge is 0.230 e. The van der Waals surface area contributed by atoms with Gasteiger partial charge in [0.15, 0.2) is 5.13 Å². The lowest BCUT2D eigenvalue weighted by atomic mass is 9.93. The fraction of sp³-hybridized carbons (Fsp3) is 0.429. The monoisotopic (exact) mass is 403 g/mol. The summed E-state index contributed by atoms with van der Waals surface area (Å²) in [6, 6.07) is 5.86. The maximum atomic E-state index is 12.6. The number of aromatic nitrogens is 2. The van der Waals surface area contributed by atoms with E-state index in [1.807, 2.05) is 23.6 Å². The summed E-state index contributed by atoms with van der Waals surface area (Å²) >= 11 is 7.66. The molecule has 3 aromatic rings. The van der Waals surface area contributed by atoms with Gasteiger partial charge in [-0.05, 0) is 29.7 Å². The van der Waals surface area contributed by atoms with Gasteiger partial charge in [0.1, 0.15) is 0 Å². The van der Waals surface area contributed by atoms with Crippen LogP contribution >= 0.6 is 22.9 Å². The molecule has 144 valence electrons. The lowest BCUT2D eigenvalue weighted by Crippen LogP contribution is -2.15. The summed E-state index contributed by atoms with van der Waals surface area (Å²) in [7, 11) is 0. The molecule has 27 heavy (non-hydrogen) atoms. The van der Waals surface area contributed by atoms with Crippen molar-refractivity contribution in [2.75, 3.05) is 5.32 Å². The fourth-order valence-electron chi connectivity index (χ4n) is 3.04. The van der Waals surface area contributed by atoms with Crippen LogP contribution in [0.5, 0.6) is 0 Å². The van der Waals surface area contributed by atoms with Gasteiger partial charge >= 0.3 is 0 Å². The molecule has 2 heterocycles. The van der Waals surface area contributed by atoms with E-state index in [1.165, 1.54) is 11.3 Å². The molecular weight excluding hydrogens is 378 g/mol. The van der Waals surface area contributed by atoms with Crippen molar-refractivity contribution in [1.82, 2.24) is 9.55 Å². The largest absolute Gasteiger partial charge is 0.347 e. The summed E-state index contributed by atoms with van der Waals surface area (Å²) in [5.41, 5.74) is 3.06.